The van der Waals surface area contributed by atoms with Crippen LogP contribution >= 0.6 is 23.2 Å². The molecule has 0 aromatic heterocycles. The van der Waals surface area contributed by atoms with Gasteiger partial charge in [0.25, 0.3) is 5.91 Å². The number of halogens is 2. The van der Waals surface area contributed by atoms with E-state index in [9.17, 15) is 4.79 Å². The lowest BCUT2D eigenvalue weighted by Gasteiger charge is -2.20. The van der Waals surface area contributed by atoms with Crippen molar-refractivity contribution in [3.8, 4) is 34.4 Å². The molecule has 3 aromatic rings. The molecule has 0 spiro atoms. The molecule has 1 aliphatic heterocycles. The van der Waals surface area contributed by atoms with Gasteiger partial charge in [-0.25, -0.2) is 0 Å². The number of hydrogen-bond donors (Lipinski definition) is 1. The Labute approximate surface area is 207 Å². The van der Waals surface area contributed by atoms with Crippen molar-refractivity contribution in [2.24, 2.45) is 5.73 Å². The van der Waals surface area contributed by atoms with Crippen molar-refractivity contribution in [1.82, 2.24) is 0 Å². The number of nitrogens with zero attached hydrogens (tertiary/aromatic N) is 1. The van der Waals surface area contributed by atoms with Gasteiger partial charge >= 0.3 is 0 Å². The van der Waals surface area contributed by atoms with Crippen LogP contribution in [-0.4, -0.2) is 19.1 Å². The summed E-state index contributed by atoms with van der Waals surface area (Å²) in [6, 6.07) is 16.7. The predicted molar refractivity (Wildman–Crippen MR) is 131 cm³/mol. The van der Waals surface area contributed by atoms with Gasteiger partial charge in [0.1, 0.15) is 31.5 Å². The number of carbonyl (C=O) groups is 1. The Morgan fingerprint density at radius 1 is 1.12 bits per heavy atom. The van der Waals surface area contributed by atoms with Gasteiger partial charge in [0.2, 0.25) is 0 Å². The molecule has 34 heavy (non-hydrogen) atoms. The van der Waals surface area contributed by atoms with E-state index in [1.807, 2.05) is 43.3 Å². The van der Waals surface area contributed by atoms with Crippen molar-refractivity contribution in [3.63, 3.8) is 0 Å². The summed E-state index contributed by atoms with van der Waals surface area (Å²) in [5.41, 5.74) is 9.52. The van der Waals surface area contributed by atoms with Crippen molar-refractivity contribution in [3.05, 3.63) is 80.8 Å². The number of nitrogens with two attached hydrogens (primary N) is 1. The number of nitriles is 1. The van der Waals surface area contributed by atoms with Gasteiger partial charge in [-0.05, 0) is 65.1 Å². The highest BCUT2D eigenvalue weighted by Crippen LogP contribution is 2.38. The van der Waals surface area contributed by atoms with E-state index in [1.54, 1.807) is 18.2 Å². The summed E-state index contributed by atoms with van der Waals surface area (Å²) < 4.78 is 17.3. The zero-order valence-electron chi connectivity index (χ0n) is 18.2. The maximum absolute atomic E-state index is 11.3. The minimum absolute atomic E-state index is 0.201. The van der Waals surface area contributed by atoms with E-state index in [2.05, 4.69) is 0 Å². The Balaban J connectivity index is 1.57. The fourth-order valence-electron chi connectivity index (χ4n) is 3.64. The monoisotopic (exact) mass is 494 g/mol. The lowest BCUT2D eigenvalue weighted by molar-refractivity contribution is -0.114. The van der Waals surface area contributed by atoms with Crippen LogP contribution in [0.15, 0.2) is 54.1 Å². The molecule has 1 heterocycles. The van der Waals surface area contributed by atoms with E-state index in [0.717, 1.165) is 33.8 Å². The second-order valence-electron chi connectivity index (χ2n) is 7.58. The van der Waals surface area contributed by atoms with Gasteiger partial charge in [0.15, 0.2) is 17.2 Å². The predicted octanol–water partition coefficient (Wildman–Crippen LogP) is 5.71. The number of ether oxygens (including phenoxy) is 3. The van der Waals surface area contributed by atoms with Gasteiger partial charge in [0, 0.05) is 0 Å². The third-order valence-corrected chi connectivity index (χ3v) is 5.95. The van der Waals surface area contributed by atoms with E-state index < -0.39 is 5.91 Å². The minimum Gasteiger partial charge on any atom is -0.486 e. The second kappa shape index (κ2) is 10.1. The summed E-state index contributed by atoms with van der Waals surface area (Å²) in [5, 5.41) is 9.53. The lowest BCUT2D eigenvalue weighted by atomic mass is 9.96. The Morgan fingerprint density at radius 3 is 2.50 bits per heavy atom. The van der Waals surface area contributed by atoms with Crippen LogP contribution in [0.2, 0.25) is 10.0 Å². The molecule has 6 nitrogen and oxygen atoms in total. The summed E-state index contributed by atoms with van der Waals surface area (Å²) in [4.78, 5) is 11.3. The first-order valence-corrected chi connectivity index (χ1v) is 11.1. The number of hydrogen-bond acceptors (Lipinski definition) is 5. The van der Waals surface area contributed by atoms with Crippen LogP contribution in [0, 0.1) is 18.3 Å². The molecule has 0 aliphatic carbocycles. The van der Waals surface area contributed by atoms with E-state index in [1.165, 1.54) is 6.08 Å². The number of rotatable bonds is 6. The third kappa shape index (κ3) is 4.96. The Kier molecular flexibility index (Phi) is 6.97. The number of amides is 1. The normalized spacial score (nSPS) is 12.7. The summed E-state index contributed by atoms with van der Waals surface area (Å²) in [5.74, 6) is 0.950. The smallest absolute Gasteiger partial charge is 0.259 e. The Hall–Kier alpha value is -3.66. The molecule has 8 heteroatoms. The molecule has 3 aromatic carbocycles. The van der Waals surface area contributed by atoms with E-state index in [0.29, 0.717) is 24.5 Å². The average molecular weight is 495 g/mol. The average Bonchev–Trinajstić information content (AvgIpc) is 2.82. The summed E-state index contributed by atoms with van der Waals surface area (Å²) in [7, 11) is 0. The van der Waals surface area contributed by atoms with Crippen molar-refractivity contribution < 1.29 is 19.0 Å². The molecule has 1 aliphatic rings. The number of primary amides is 1. The molecular formula is C26H20Cl2N2O4. The first-order chi connectivity index (χ1) is 16.4. The van der Waals surface area contributed by atoms with Gasteiger partial charge in [0.05, 0.1) is 10.0 Å². The van der Waals surface area contributed by atoms with Crippen LogP contribution in [-0.2, 0) is 11.4 Å². The van der Waals surface area contributed by atoms with Crippen LogP contribution in [0.1, 0.15) is 16.7 Å². The Bertz CT molecular complexity index is 1320. The number of fused-ring (bicyclic) bond motifs is 1. The zero-order chi connectivity index (χ0) is 24.2. The zero-order valence-corrected chi connectivity index (χ0v) is 19.7. The van der Waals surface area contributed by atoms with Gasteiger partial charge < -0.3 is 19.9 Å². The molecule has 0 saturated carbocycles. The van der Waals surface area contributed by atoms with Crippen molar-refractivity contribution >= 4 is 35.2 Å². The highest BCUT2D eigenvalue weighted by Gasteiger charge is 2.16. The van der Waals surface area contributed by atoms with Crippen molar-refractivity contribution in [2.75, 3.05) is 13.2 Å². The molecule has 1 amide bonds. The fourth-order valence-corrected chi connectivity index (χ4v) is 4.25. The van der Waals surface area contributed by atoms with Crippen molar-refractivity contribution in [1.29, 1.82) is 5.26 Å². The summed E-state index contributed by atoms with van der Waals surface area (Å²) >= 11 is 12.8. The van der Waals surface area contributed by atoms with Crippen LogP contribution in [0.5, 0.6) is 17.2 Å². The molecule has 0 unspecified atom stereocenters. The molecular weight excluding hydrogens is 475 g/mol. The van der Waals surface area contributed by atoms with Crippen LogP contribution < -0.4 is 19.9 Å². The van der Waals surface area contributed by atoms with Gasteiger partial charge in [-0.2, -0.15) is 5.26 Å². The molecule has 2 N–H and O–H groups in total. The molecule has 0 bridgehead atoms. The number of carbonyl (C=O) groups excluding carboxylic acids is 1. The molecule has 172 valence electrons. The van der Waals surface area contributed by atoms with E-state index in [-0.39, 0.29) is 22.2 Å². The van der Waals surface area contributed by atoms with E-state index in [4.69, 9.17) is 48.4 Å². The molecule has 0 saturated heterocycles. The fraction of sp³-hybridized carbons (Fsp3) is 0.154. The van der Waals surface area contributed by atoms with Gasteiger partial charge in [-0.1, -0.05) is 47.5 Å². The lowest BCUT2D eigenvalue weighted by Crippen LogP contribution is -2.15. The van der Waals surface area contributed by atoms with Crippen molar-refractivity contribution in [2.45, 2.75) is 13.5 Å². The maximum atomic E-state index is 11.3. The number of benzene rings is 3. The summed E-state index contributed by atoms with van der Waals surface area (Å²) in [6.07, 6.45) is 1.32. The van der Waals surface area contributed by atoms with E-state index >= 15 is 0 Å². The van der Waals surface area contributed by atoms with Gasteiger partial charge in [-0.3, -0.25) is 4.79 Å². The van der Waals surface area contributed by atoms with Crippen LogP contribution in [0.4, 0.5) is 0 Å². The Morgan fingerprint density at radius 2 is 1.82 bits per heavy atom. The molecule has 0 radical (unpaired) electrons. The topological polar surface area (TPSA) is 94.6 Å². The second-order valence-corrected chi connectivity index (χ2v) is 8.40. The highest BCUT2D eigenvalue weighted by atomic mass is 35.5. The largest absolute Gasteiger partial charge is 0.486 e. The first-order valence-electron chi connectivity index (χ1n) is 10.4. The van der Waals surface area contributed by atoms with Gasteiger partial charge in [-0.15, -0.1) is 0 Å². The SMILES string of the molecule is Cc1c(COc2c(Cl)cc(C=C(C#N)C(N)=O)cc2Cl)cccc1-c1ccc2c(c1)OCCO2. The summed E-state index contributed by atoms with van der Waals surface area (Å²) in [6.45, 7) is 3.34. The molecule has 4 rings (SSSR count). The first kappa shape index (κ1) is 23.5. The standard InChI is InChI=1S/C26H20Cl2N2O4/c1-15-18(3-2-4-20(15)17-5-6-23-24(12-17)33-8-7-32-23)14-34-25-21(27)10-16(11-22(25)28)9-19(13-29)26(30)31/h2-6,9-12H,7-8,14H2,1H3,(H2,30,31). The third-order valence-electron chi connectivity index (χ3n) is 5.39. The molecule has 0 atom stereocenters. The highest BCUT2D eigenvalue weighted by molar-refractivity contribution is 6.37. The minimum atomic E-state index is -0.830. The quantitative estimate of drug-likeness (QED) is 0.349. The maximum Gasteiger partial charge on any atom is 0.259 e. The van der Waals surface area contributed by atoms with Crippen LogP contribution in [0.3, 0.4) is 0 Å². The molecule has 0 fully saturated rings. The van der Waals surface area contributed by atoms with Crippen LogP contribution in [0.25, 0.3) is 17.2 Å².